The molecular formula is C22H25BrCl2FNO5S2. The number of halogens is 4. The molecule has 0 aromatic carbocycles. The van der Waals surface area contributed by atoms with Gasteiger partial charge < -0.3 is 4.74 Å². The second kappa shape index (κ2) is 9.01. The van der Waals surface area contributed by atoms with E-state index >= 15 is 4.39 Å². The summed E-state index contributed by atoms with van der Waals surface area (Å²) in [6, 6.07) is 0. The van der Waals surface area contributed by atoms with Crippen LogP contribution in [0.3, 0.4) is 0 Å². The van der Waals surface area contributed by atoms with E-state index in [0.29, 0.717) is 31.3 Å². The minimum atomic E-state index is -4.45. The van der Waals surface area contributed by atoms with E-state index < -0.39 is 32.3 Å². The third-order valence-electron chi connectivity index (χ3n) is 6.70. The number of esters is 1. The highest BCUT2D eigenvalue weighted by atomic mass is 79.9. The van der Waals surface area contributed by atoms with Crippen LogP contribution < -0.4 is 4.72 Å². The molecule has 5 rings (SSSR count). The van der Waals surface area contributed by atoms with Gasteiger partial charge in [0, 0.05) is 0 Å². The fourth-order valence-corrected chi connectivity index (χ4v) is 10.3. The number of rotatable bonds is 5. The SMILES string of the molecule is CC(C)(C)CC(=O)OC12CC3CC(C1)C(=C(F)C(=O)NS(=O)(=O)c1c(Cl)sc(Cl)c1Br)C(C3)C2. The first-order valence-corrected chi connectivity index (χ1v) is 14.8. The first-order chi connectivity index (χ1) is 15.6. The average molecular weight is 617 g/mol. The monoisotopic (exact) mass is 615 g/mol. The largest absolute Gasteiger partial charge is 0.459 e. The smallest absolute Gasteiger partial charge is 0.306 e. The lowest BCUT2D eigenvalue weighted by molar-refractivity contribution is -0.182. The Morgan fingerprint density at radius 2 is 1.76 bits per heavy atom. The minimum absolute atomic E-state index is 0.0196. The predicted molar refractivity (Wildman–Crippen MR) is 132 cm³/mol. The van der Waals surface area contributed by atoms with Crippen LogP contribution in [-0.2, 0) is 24.3 Å². The van der Waals surface area contributed by atoms with Crippen molar-refractivity contribution in [3.05, 3.63) is 24.5 Å². The van der Waals surface area contributed by atoms with Gasteiger partial charge in [-0.25, -0.2) is 17.5 Å². The summed E-state index contributed by atoms with van der Waals surface area (Å²) in [5.41, 5.74) is -0.513. The molecule has 0 radical (unpaired) electrons. The molecular weight excluding hydrogens is 592 g/mol. The van der Waals surface area contributed by atoms with E-state index in [-0.39, 0.29) is 48.7 Å². The number of amides is 1. The van der Waals surface area contributed by atoms with Crippen LogP contribution >= 0.6 is 50.5 Å². The van der Waals surface area contributed by atoms with Gasteiger partial charge in [-0.1, -0.05) is 44.0 Å². The van der Waals surface area contributed by atoms with Crippen LogP contribution in [-0.4, -0.2) is 25.9 Å². The Kier molecular flexibility index (Phi) is 6.99. The van der Waals surface area contributed by atoms with Crippen molar-refractivity contribution in [2.45, 2.75) is 69.8 Å². The van der Waals surface area contributed by atoms with Gasteiger partial charge in [0.2, 0.25) is 0 Å². The Bertz CT molecular complexity index is 1170. The molecule has 34 heavy (non-hydrogen) atoms. The zero-order chi connectivity index (χ0) is 25.2. The van der Waals surface area contributed by atoms with Crippen molar-refractivity contribution in [1.82, 2.24) is 4.72 Å². The number of carbonyl (C=O) groups excluding carboxylic acids is 2. The molecule has 4 fully saturated rings. The van der Waals surface area contributed by atoms with Gasteiger partial charge in [-0.15, -0.1) is 11.3 Å². The normalized spacial score (nSPS) is 28.2. The summed E-state index contributed by atoms with van der Waals surface area (Å²) >= 11 is 15.8. The van der Waals surface area contributed by atoms with Gasteiger partial charge in [-0.3, -0.25) is 9.59 Å². The van der Waals surface area contributed by atoms with Crippen LogP contribution in [0.25, 0.3) is 0 Å². The van der Waals surface area contributed by atoms with Crippen molar-refractivity contribution in [1.29, 1.82) is 0 Å². The first kappa shape index (κ1) is 26.4. The number of carbonyl (C=O) groups is 2. The molecule has 2 unspecified atom stereocenters. The Morgan fingerprint density at radius 1 is 1.18 bits per heavy atom. The zero-order valence-electron chi connectivity index (χ0n) is 18.8. The highest BCUT2D eigenvalue weighted by molar-refractivity contribution is 9.10. The molecule has 1 aromatic heterocycles. The van der Waals surface area contributed by atoms with Gasteiger partial charge in [0.25, 0.3) is 15.9 Å². The van der Waals surface area contributed by atoms with Gasteiger partial charge in [0.1, 0.15) is 19.2 Å². The van der Waals surface area contributed by atoms with Crippen molar-refractivity contribution in [2.24, 2.45) is 23.2 Å². The van der Waals surface area contributed by atoms with Crippen molar-refractivity contribution in [3.63, 3.8) is 0 Å². The Hall–Kier alpha value is -0.680. The Balaban J connectivity index is 1.55. The average Bonchev–Trinajstić information content (AvgIpc) is 2.90. The number of hydrogen-bond acceptors (Lipinski definition) is 6. The molecule has 4 bridgehead atoms. The first-order valence-electron chi connectivity index (χ1n) is 10.9. The van der Waals surface area contributed by atoms with Gasteiger partial charge in [0.15, 0.2) is 5.83 Å². The van der Waals surface area contributed by atoms with E-state index in [0.717, 1.165) is 17.8 Å². The van der Waals surface area contributed by atoms with E-state index in [9.17, 15) is 18.0 Å². The third kappa shape index (κ3) is 5.08. The topological polar surface area (TPSA) is 89.5 Å². The fraction of sp³-hybridized carbons (Fsp3) is 0.636. The van der Waals surface area contributed by atoms with Crippen molar-refractivity contribution in [2.75, 3.05) is 0 Å². The number of sulfonamides is 1. The summed E-state index contributed by atoms with van der Waals surface area (Å²) in [6.07, 6.45) is 3.30. The maximum Gasteiger partial charge on any atom is 0.306 e. The van der Waals surface area contributed by atoms with E-state index in [2.05, 4.69) is 15.9 Å². The van der Waals surface area contributed by atoms with Crippen molar-refractivity contribution >= 4 is 72.4 Å². The number of hydrogen-bond donors (Lipinski definition) is 1. The lowest BCUT2D eigenvalue weighted by Gasteiger charge is -2.56. The summed E-state index contributed by atoms with van der Waals surface area (Å²) in [6.45, 7) is 5.89. The standard InChI is InChI=1S/C22H25BrCl2FNO5S2/c1-21(2,3)9-13(28)32-22-6-10-4-11(7-22)14(12(5-10)8-22)16(26)20(29)27-34(30,31)17-15(23)18(24)33-19(17)25/h10-12H,4-9H2,1-3H3,(H,27,29). The number of thiophene rings is 1. The summed E-state index contributed by atoms with van der Waals surface area (Å²) < 4.78 is 48.6. The fourth-order valence-electron chi connectivity index (χ4n) is 5.83. The Morgan fingerprint density at radius 3 is 2.26 bits per heavy atom. The molecule has 4 aliphatic rings. The molecule has 6 nitrogen and oxygen atoms in total. The van der Waals surface area contributed by atoms with Crippen LogP contribution in [0.15, 0.2) is 20.8 Å². The number of ether oxygens (including phenoxy) is 1. The molecule has 1 amide bonds. The second-order valence-corrected chi connectivity index (χ2v) is 15.4. The van der Waals surface area contributed by atoms with Crippen molar-refractivity contribution < 1.29 is 27.1 Å². The molecule has 4 aliphatic carbocycles. The van der Waals surface area contributed by atoms with E-state index in [1.165, 1.54) is 0 Å². The molecule has 12 heteroatoms. The molecule has 1 aromatic rings. The third-order valence-corrected chi connectivity index (χ3v) is 11.5. The van der Waals surface area contributed by atoms with Crippen molar-refractivity contribution in [3.8, 4) is 0 Å². The maximum atomic E-state index is 15.4. The molecule has 0 saturated heterocycles. The Labute approximate surface area is 220 Å². The van der Waals surface area contributed by atoms with Gasteiger partial charge >= 0.3 is 5.97 Å². The minimum Gasteiger partial charge on any atom is -0.459 e. The molecule has 188 valence electrons. The molecule has 2 atom stereocenters. The van der Waals surface area contributed by atoms with E-state index in [4.69, 9.17) is 27.9 Å². The lowest BCUT2D eigenvalue weighted by atomic mass is 9.52. The van der Waals surface area contributed by atoms with Gasteiger partial charge in [-0.2, -0.15) is 0 Å². The maximum absolute atomic E-state index is 15.4. The van der Waals surface area contributed by atoms with Gasteiger partial charge in [-0.05, 0) is 76.8 Å². The molecule has 1 heterocycles. The summed E-state index contributed by atoms with van der Waals surface area (Å²) in [4.78, 5) is 24.9. The van der Waals surface area contributed by atoms with Crippen LogP contribution in [0, 0.1) is 23.2 Å². The quantitative estimate of drug-likeness (QED) is 0.305. The zero-order valence-corrected chi connectivity index (χ0v) is 23.6. The summed E-state index contributed by atoms with van der Waals surface area (Å²) in [5, 5.41) is 0. The molecule has 0 spiro atoms. The van der Waals surface area contributed by atoms with Crippen LogP contribution in [0.5, 0.6) is 0 Å². The van der Waals surface area contributed by atoms with Crippen LogP contribution in [0.1, 0.15) is 59.3 Å². The number of nitrogens with one attached hydrogen (secondary N) is 1. The highest BCUT2D eigenvalue weighted by Gasteiger charge is 2.56. The van der Waals surface area contributed by atoms with Crippen LogP contribution in [0.2, 0.25) is 8.67 Å². The second-order valence-electron chi connectivity index (χ2n) is 10.7. The highest BCUT2D eigenvalue weighted by Crippen LogP contribution is 2.60. The lowest BCUT2D eigenvalue weighted by Crippen LogP contribution is -2.54. The van der Waals surface area contributed by atoms with Crippen LogP contribution in [0.4, 0.5) is 4.39 Å². The predicted octanol–water partition coefficient (Wildman–Crippen LogP) is 6.40. The molecule has 1 N–H and O–H groups in total. The molecule has 4 saturated carbocycles. The van der Waals surface area contributed by atoms with E-state index in [1.54, 1.807) is 4.72 Å². The van der Waals surface area contributed by atoms with E-state index in [1.807, 2.05) is 20.8 Å². The summed E-state index contributed by atoms with van der Waals surface area (Å²) in [5.74, 6) is -2.93. The van der Waals surface area contributed by atoms with Gasteiger partial charge in [0.05, 0.1) is 10.9 Å². The summed E-state index contributed by atoms with van der Waals surface area (Å²) in [7, 11) is -4.45. The number of allylic oxidation sites excluding steroid dienone is 1. The molecule has 0 aliphatic heterocycles.